The molecule has 1 fully saturated rings. The van der Waals surface area contributed by atoms with E-state index in [1.54, 1.807) is 19.1 Å². The minimum Gasteiger partial charge on any atom is -0.493 e. The van der Waals surface area contributed by atoms with Gasteiger partial charge < -0.3 is 24.4 Å². The molecule has 0 unspecified atom stereocenters. The van der Waals surface area contributed by atoms with Crippen molar-refractivity contribution in [2.75, 3.05) is 33.9 Å². The molecular formula is C24H28N2O5. The number of nitrogens with one attached hydrogen (secondary N) is 1. The van der Waals surface area contributed by atoms with Gasteiger partial charge in [0.05, 0.1) is 32.8 Å². The second-order valence-corrected chi connectivity index (χ2v) is 7.92. The van der Waals surface area contributed by atoms with Crippen molar-refractivity contribution < 1.29 is 23.8 Å². The van der Waals surface area contributed by atoms with Crippen molar-refractivity contribution in [2.45, 2.75) is 25.3 Å². The molecule has 7 nitrogen and oxygen atoms in total. The molecule has 0 spiro atoms. The molecule has 2 aliphatic rings. The molecule has 0 radical (unpaired) electrons. The molecule has 2 atom stereocenters. The van der Waals surface area contributed by atoms with Crippen LogP contribution in [0.2, 0.25) is 0 Å². The second kappa shape index (κ2) is 9.29. The Kier molecular flexibility index (Phi) is 6.30. The Hall–Kier alpha value is -3.22. The monoisotopic (exact) mass is 424 g/mol. The third kappa shape index (κ3) is 4.60. The minimum absolute atomic E-state index is 0.0213. The number of nitrogens with zero attached hydrogens (tertiary/aromatic N) is 1. The topological polar surface area (TPSA) is 77.1 Å². The molecule has 2 aromatic rings. The lowest BCUT2D eigenvalue weighted by molar-refractivity contribution is -0.129. The van der Waals surface area contributed by atoms with Crippen molar-refractivity contribution in [3.8, 4) is 17.2 Å². The number of para-hydroxylation sites is 1. The zero-order valence-electron chi connectivity index (χ0n) is 17.9. The summed E-state index contributed by atoms with van der Waals surface area (Å²) in [6.07, 6.45) is 1.67. The number of benzene rings is 2. The molecule has 31 heavy (non-hydrogen) atoms. The Morgan fingerprint density at radius 3 is 2.77 bits per heavy atom. The predicted octanol–water partition coefficient (Wildman–Crippen LogP) is 2.73. The number of rotatable bonds is 7. The Bertz CT molecular complexity index is 961. The molecule has 164 valence electrons. The quantitative estimate of drug-likeness (QED) is 0.740. The predicted molar refractivity (Wildman–Crippen MR) is 115 cm³/mol. The van der Waals surface area contributed by atoms with Gasteiger partial charge in [0.25, 0.3) is 0 Å². The average Bonchev–Trinajstić information content (AvgIpc) is 3.18. The van der Waals surface area contributed by atoms with Gasteiger partial charge in [-0.25, -0.2) is 0 Å². The molecule has 2 heterocycles. The van der Waals surface area contributed by atoms with Gasteiger partial charge in [-0.1, -0.05) is 24.3 Å². The number of carbonyl (C=O) groups is 2. The number of hydrogen-bond acceptors (Lipinski definition) is 5. The zero-order valence-corrected chi connectivity index (χ0v) is 17.9. The lowest BCUT2D eigenvalue weighted by atomic mass is 9.99. The molecule has 7 heteroatoms. The van der Waals surface area contributed by atoms with E-state index in [0.29, 0.717) is 37.6 Å². The Balaban J connectivity index is 1.34. The number of fused-ring (bicyclic) bond motifs is 1. The van der Waals surface area contributed by atoms with E-state index in [2.05, 4.69) is 5.32 Å². The highest BCUT2D eigenvalue weighted by Gasteiger charge is 2.35. The Labute approximate surface area is 182 Å². The maximum Gasteiger partial charge on any atom is 0.225 e. The highest BCUT2D eigenvalue weighted by Crippen LogP contribution is 2.32. The first kappa shape index (κ1) is 21.0. The first-order valence-corrected chi connectivity index (χ1v) is 10.6. The van der Waals surface area contributed by atoms with E-state index in [4.69, 9.17) is 14.2 Å². The summed E-state index contributed by atoms with van der Waals surface area (Å²) in [6.45, 7) is 1.59. The molecule has 2 aromatic carbocycles. The van der Waals surface area contributed by atoms with Crippen molar-refractivity contribution >= 4 is 11.8 Å². The fourth-order valence-electron chi connectivity index (χ4n) is 4.25. The summed E-state index contributed by atoms with van der Waals surface area (Å²) in [6, 6.07) is 13.4. The highest BCUT2D eigenvalue weighted by molar-refractivity contribution is 5.89. The van der Waals surface area contributed by atoms with Crippen molar-refractivity contribution in [2.24, 2.45) is 5.92 Å². The minimum atomic E-state index is -0.326. The van der Waals surface area contributed by atoms with E-state index >= 15 is 0 Å². The third-order valence-electron chi connectivity index (χ3n) is 5.98. The van der Waals surface area contributed by atoms with Crippen LogP contribution in [0.15, 0.2) is 42.5 Å². The first-order valence-electron chi connectivity index (χ1n) is 10.6. The van der Waals surface area contributed by atoms with Crippen LogP contribution in [0.4, 0.5) is 0 Å². The van der Waals surface area contributed by atoms with Gasteiger partial charge in [0.2, 0.25) is 11.8 Å². The summed E-state index contributed by atoms with van der Waals surface area (Å²) in [5.41, 5.74) is 2.05. The van der Waals surface area contributed by atoms with Gasteiger partial charge in [0.1, 0.15) is 5.75 Å². The van der Waals surface area contributed by atoms with E-state index < -0.39 is 0 Å². The number of methoxy groups -OCH3 is 2. The number of hydrogen-bond donors (Lipinski definition) is 1. The molecule has 2 aliphatic heterocycles. The number of carbonyl (C=O) groups excluding carboxylic acids is 2. The number of ether oxygens (including phenoxy) is 3. The van der Waals surface area contributed by atoms with Crippen LogP contribution >= 0.6 is 0 Å². The van der Waals surface area contributed by atoms with Gasteiger partial charge in [-0.3, -0.25) is 9.59 Å². The van der Waals surface area contributed by atoms with E-state index in [1.165, 1.54) is 0 Å². The zero-order chi connectivity index (χ0) is 21.8. The maximum atomic E-state index is 12.9. The highest BCUT2D eigenvalue weighted by atomic mass is 16.5. The Morgan fingerprint density at radius 1 is 1.16 bits per heavy atom. The summed E-state index contributed by atoms with van der Waals surface area (Å²) in [5.74, 6) is 1.79. The summed E-state index contributed by atoms with van der Waals surface area (Å²) in [4.78, 5) is 27.2. The maximum absolute atomic E-state index is 12.9. The first-order chi connectivity index (χ1) is 15.1. The summed E-state index contributed by atoms with van der Waals surface area (Å²) in [5, 5.41) is 3.13. The van der Waals surface area contributed by atoms with Crippen molar-refractivity contribution in [1.82, 2.24) is 10.2 Å². The lowest BCUT2D eigenvalue weighted by Gasteiger charge is -2.27. The fourth-order valence-corrected chi connectivity index (χ4v) is 4.25. The van der Waals surface area contributed by atoms with Crippen LogP contribution in [0.5, 0.6) is 17.2 Å². The second-order valence-electron chi connectivity index (χ2n) is 7.92. The van der Waals surface area contributed by atoms with E-state index in [1.807, 2.05) is 42.5 Å². The van der Waals surface area contributed by atoms with Crippen LogP contribution < -0.4 is 19.5 Å². The molecule has 4 rings (SSSR count). The van der Waals surface area contributed by atoms with Gasteiger partial charge in [0.15, 0.2) is 11.5 Å². The Morgan fingerprint density at radius 2 is 1.97 bits per heavy atom. The number of amides is 2. The smallest absolute Gasteiger partial charge is 0.225 e. The van der Waals surface area contributed by atoms with Crippen molar-refractivity contribution in [3.05, 3.63) is 53.6 Å². The van der Waals surface area contributed by atoms with E-state index in [9.17, 15) is 9.59 Å². The van der Waals surface area contributed by atoms with Gasteiger partial charge in [-0.15, -0.1) is 0 Å². The fraction of sp³-hybridized carbons (Fsp3) is 0.417. The van der Waals surface area contributed by atoms with Gasteiger partial charge in [-0.2, -0.15) is 0 Å². The SMILES string of the molecule is COc1ccc(CCN2C[C@H](C(=O)N[C@H]3CCOc4ccccc43)CC2=O)cc1OC. The third-order valence-corrected chi connectivity index (χ3v) is 5.98. The molecule has 0 saturated carbocycles. The normalized spacial score (nSPS) is 20.1. The molecule has 1 N–H and O–H groups in total. The molecule has 1 saturated heterocycles. The van der Waals surface area contributed by atoms with Gasteiger partial charge in [-0.05, 0) is 30.2 Å². The van der Waals surface area contributed by atoms with Crippen LogP contribution in [-0.4, -0.2) is 50.6 Å². The summed E-state index contributed by atoms with van der Waals surface area (Å²) in [7, 11) is 3.20. The van der Waals surface area contributed by atoms with E-state index in [0.717, 1.165) is 23.3 Å². The van der Waals surface area contributed by atoms with Crippen LogP contribution in [0.3, 0.4) is 0 Å². The molecule has 2 amide bonds. The van der Waals surface area contributed by atoms with Crippen LogP contribution in [-0.2, 0) is 16.0 Å². The average molecular weight is 424 g/mol. The number of likely N-dealkylation sites (tertiary alicyclic amines) is 1. The van der Waals surface area contributed by atoms with Crippen LogP contribution in [0.1, 0.15) is 30.0 Å². The molecule has 0 aromatic heterocycles. The van der Waals surface area contributed by atoms with Crippen molar-refractivity contribution in [3.63, 3.8) is 0 Å². The molecule has 0 aliphatic carbocycles. The summed E-state index contributed by atoms with van der Waals surface area (Å²) >= 11 is 0. The van der Waals surface area contributed by atoms with E-state index in [-0.39, 0.29) is 30.2 Å². The largest absolute Gasteiger partial charge is 0.493 e. The molecule has 0 bridgehead atoms. The van der Waals surface area contributed by atoms with Gasteiger partial charge >= 0.3 is 0 Å². The standard InChI is InChI=1S/C24H28N2O5/c1-29-21-8-7-16(13-22(21)30-2)9-11-26-15-17(14-23(26)27)24(28)25-19-10-12-31-20-6-4-3-5-18(19)20/h3-8,13,17,19H,9-12,14-15H2,1-2H3,(H,25,28)/t17-,19+/m1/s1. The summed E-state index contributed by atoms with van der Waals surface area (Å²) < 4.78 is 16.3. The van der Waals surface area contributed by atoms with Crippen LogP contribution in [0, 0.1) is 5.92 Å². The lowest BCUT2D eigenvalue weighted by Crippen LogP contribution is -2.37. The molecular weight excluding hydrogens is 396 g/mol. The van der Waals surface area contributed by atoms with Crippen molar-refractivity contribution in [1.29, 1.82) is 0 Å². The van der Waals surface area contributed by atoms with Crippen LogP contribution in [0.25, 0.3) is 0 Å². The van der Waals surface area contributed by atoms with Gasteiger partial charge in [0, 0.05) is 31.5 Å².